The molecule has 0 aromatic heterocycles. The van der Waals surface area contributed by atoms with Gasteiger partial charge in [0.25, 0.3) is 5.91 Å². The van der Waals surface area contributed by atoms with E-state index in [2.05, 4.69) is 5.32 Å². The number of cyclic esters (lactones) is 1. The second kappa shape index (κ2) is 14.1. The van der Waals surface area contributed by atoms with Crippen molar-refractivity contribution >= 4 is 27.7 Å². The van der Waals surface area contributed by atoms with E-state index in [0.29, 0.717) is 11.3 Å². The van der Waals surface area contributed by atoms with Crippen LogP contribution < -0.4 is 10.2 Å². The Morgan fingerprint density at radius 1 is 1.02 bits per heavy atom. The molecular formula is C31H36FN3O7S. The minimum absolute atomic E-state index is 0.0138. The number of nitrogens with zero attached hydrogens (tertiary/aromatic N) is 2. The van der Waals surface area contributed by atoms with Crippen molar-refractivity contribution in [1.29, 1.82) is 0 Å². The summed E-state index contributed by atoms with van der Waals surface area (Å²) in [6.07, 6.45) is -3.13. The van der Waals surface area contributed by atoms with E-state index in [9.17, 15) is 32.6 Å². The lowest BCUT2D eigenvalue weighted by atomic mass is 10.0. The van der Waals surface area contributed by atoms with Gasteiger partial charge in [0.2, 0.25) is 10.0 Å². The largest absolute Gasteiger partial charge is 0.434 e. The Morgan fingerprint density at radius 3 is 2.28 bits per heavy atom. The third-order valence-electron chi connectivity index (χ3n) is 7.04. The predicted octanol–water partition coefficient (Wildman–Crippen LogP) is 3.08. The van der Waals surface area contributed by atoms with Gasteiger partial charge >= 0.3 is 6.09 Å². The van der Waals surface area contributed by atoms with E-state index >= 15 is 0 Å². The van der Waals surface area contributed by atoms with E-state index in [0.717, 1.165) is 5.56 Å². The zero-order valence-corrected chi connectivity index (χ0v) is 24.8. The zero-order chi connectivity index (χ0) is 31.1. The SMILES string of the molecule is CC(C)CN(C[C@@H](O)[C@H](Cc1ccccc1)NC(=O)[C@@H]1CN(c2ccc(F)cc2)C(=O)O1)S(=O)(=O)c1ccc(CO)cc1. The third-order valence-corrected chi connectivity index (χ3v) is 8.88. The highest BCUT2D eigenvalue weighted by Crippen LogP contribution is 2.23. The Labute approximate surface area is 250 Å². The van der Waals surface area contributed by atoms with E-state index in [1.807, 2.05) is 44.2 Å². The third kappa shape index (κ3) is 8.17. The number of hydrogen-bond acceptors (Lipinski definition) is 7. The van der Waals surface area contributed by atoms with Gasteiger partial charge < -0.3 is 20.3 Å². The first-order valence-electron chi connectivity index (χ1n) is 13.9. The zero-order valence-electron chi connectivity index (χ0n) is 24.0. The van der Waals surface area contributed by atoms with Crippen LogP contribution in [0.4, 0.5) is 14.9 Å². The molecule has 1 fully saturated rings. The van der Waals surface area contributed by atoms with Crippen molar-refractivity contribution in [3.8, 4) is 0 Å². The molecule has 0 aliphatic carbocycles. The molecule has 1 saturated heterocycles. The second-order valence-electron chi connectivity index (χ2n) is 10.8. The average molecular weight is 614 g/mol. The first-order valence-corrected chi connectivity index (χ1v) is 15.4. The molecule has 1 heterocycles. The Hall–Kier alpha value is -3.84. The molecule has 10 nitrogen and oxygen atoms in total. The fourth-order valence-electron chi connectivity index (χ4n) is 4.79. The van der Waals surface area contributed by atoms with Gasteiger partial charge in [0.1, 0.15) is 5.82 Å². The van der Waals surface area contributed by atoms with Crippen molar-refractivity contribution < 1.29 is 37.3 Å². The molecule has 0 bridgehead atoms. The van der Waals surface area contributed by atoms with Gasteiger partial charge in [-0.15, -0.1) is 0 Å². The summed E-state index contributed by atoms with van der Waals surface area (Å²) in [6.45, 7) is 3.16. The Balaban J connectivity index is 1.54. The maximum atomic E-state index is 13.6. The van der Waals surface area contributed by atoms with Crippen molar-refractivity contribution in [3.63, 3.8) is 0 Å². The summed E-state index contributed by atoms with van der Waals surface area (Å²) in [4.78, 5) is 27.1. The van der Waals surface area contributed by atoms with Crippen LogP contribution in [0, 0.1) is 11.7 Å². The fourth-order valence-corrected chi connectivity index (χ4v) is 6.41. The summed E-state index contributed by atoms with van der Waals surface area (Å²) >= 11 is 0. The smallest absolute Gasteiger partial charge is 0.415 e. The number of nitrogens with one attached hydrogen (secondary N) is 1. The molecule has 0 spiro atoms. The molecule has 3 aromatic rings. The van der Waals surface area contributed by atoms with Crippen molar-refractivity contribution in [1.82, 2.24) is 9.62 Å². The Morgan fingerprint density at radius 2 is 1.67 bits per heavy atom. The lowest BCUT2D eigenvalue weighted by Crippen LogP contribution is -2.53. The molecule has 0 saturated carbocycles. The summed E-state index contributed by atoms with van der Waals surface area (Å²) in [5.74, 6) is -1.20. The van der Waals surface area contributed by atoms with Crippen LogP contribution in [0.2, 0.25) is 0 Å². The molecule has 3 aromatic carbocycles. The second-order valence-corrected chi connectivity index (χ2v) is 12.8. The first-order chi connectivity index (χ1) is 20.5. The molecule has 0 radical (unpaired) electrons. The number of amides is 2. The van der Waals surface area contributed by atoms with E-state index in [1.165, 1.54) is 57.7 Å². The minimum Gasteiger partial charge on any atom is -0.434 e. The van der Waals surface area contributed by atoms with Crippen LogP contribution in [0.1, 0.15) is 25.0 Å². The number of rotatable bonds is 13. The van der Waals surface area contributed by atoms with Crippen LogP contribution >= 0.6 is 0 Å². The maximum Gasteiger partial charge on any atom is 0.415 e. The highest BCUT2D eigenvalue weighted by atomic mass is 32.2. The number of aliphatic hydroxyl groups excluding tert-OH is 2. The van der Waals surface area contributed by atoms with Crippen molar-refractivity contribution in [2.24, 2.45) is 5.92 Å². The van der Waals surface area contributed by atoms with Crippen LogP contribution in [0.25, 0.3) is 0 Å². The number of halogens is 1. The van der Waals surface area contributed by atoms with Gasteiger partial charge in [-0.1, -0.05) is 56.3 Å². The molecule has 4 rings (SSSR count). The van der Waals surface area contributed by atoms with Crippen LogP contribution in [0.5, 0.6) is 0 Å². The summed E-state index contributed by atoms with van der Waals surface area (Å²) in [5, 5.41) is 23.5. The van der Waals surface area contributed by atoms with Gasteiger partial charge in [-0.05, 0) is 59.9 Å². The van der Waals surface area contributed by atoms with Crippen molar-refractivity contribution in [3.05, 3.63) is 95.8 Å². The van der Waals surface area contributed by atoms with Gasteiger partial charge in [-0.2, -0.15) is 4.31 Å². The molecule has 1 aliphatic heterocycles. The summed E-state index contributed by atoms with van der Waals surface area (Å²) in [5.41, 5.74) is 1.72. The Kier molecular flexibility index (Phi) is 10.5. The number of carbonyl (C=O) groups is 2. The van der Waals surface area contributed by atoms with Gasteiger partial charge in [0, 0.05) is 18.8 Å². The van der Waals surface area contributed by atoms with Gasteiger partial charge in [-0.25, -0.2) is 17.6 Å². The lowest BCUT2D eigenvalue weighted by molar-refractivity contribution is -0.129. The summed E-state index contributed by atoms with van der Waals surface area (Å²) in [7, 11) is -4.04. The molecule has 1 aliphatic rings. The average Bonchev–Trinajstić information content (AvgIpc) is 3.38. The standard InChI is InChI=1S/C31H36FN3O7S/c1-21(2)17-34(43(40,41)26-14-8-23(20-36)9-15-26)18-28(37)27(16-22-6-4-3-5-7-22)33-30(38)29-19-35(31(39)42-29)25-12-10-24(32)11-13-25/h3-15,21,27-29,36-37H,16-20H2,1-2H3,(H,33,38)/t27-,28+,29-/m0/s1. The molecule has 12 heteroatoms. The van der Waals surface area contributed by atoms with Gasteiger partial charge in [-0.3, -0.25) is 9.69 Å². The molecule has 3 N–H and O–H groups in total. The van der Waals surface area contributed by atoms with Crippen LogP contribution in [-0.2, 0) is 32.6 Å². The number of aliphatic hydroxyl groups is 2. The van der Waals surface area contributed by atoms with E-state index in [4.69, 9.17) is 4.74 Å². The molecule has 3 atom stereocenters. The van der Waals surface area contributed by atoms with E-state index in [1.54, 1.807) is 0 Å². The van der Waals surface area contributed by atoms with E-state index < -0.39 is 46.1 Å². The Bertz CT molecular complexity index is 1490. The van der Waals surface area contributed by atoms with Gasteiger partial charge in [0.05, 0.1) is 30.2 Å². The number of sulfonamides is 1. The molecule has 0 unspecified atom stereocenters. The lowest BCUT2D eigenvalue weighted by Gasteiger charge is -2.31. The number of hydrogen-bond donors (Lipinski definition) is 3. The van der Waals surface area contributed by atoms with Crippen LogP contribution in [0.15, 0.2) is 83.8 Å². The highest BCUT2D eigenvalue weighted by Gasteiger charge is 2.39. The fraction of sp³-hybridized carbons (Fsp3) is 0.355. The quantitative estimate of drug-likeness (QED) is 0.270. The maximum absolute atomic E-state index is 13.6. The normalized spacial score (nSPS) is 16.8. The number of benzene rings is 3. The number of ether oxygens (including phenoxy) is 1. The highest BCUT2D eigenvalue weighted by molar-refractivity contribution is 7.89. The molecule has 230 valence electrons. The summed E-state index contributed by atoms with van der Waals surface area (Å²) < 4.78 is 47.1. The van der Waals surface area contributed by atoms with Crippen molar-refractivity contribution in [2.45, 2.75) is 50.0 Å². The van der Waals surface area contributed by atoms with Crippen LogP contribution in [0.3, 0.4) is 0 Å². The molecule has 2 amide bonds. The minimum atomic E-state index is -4.04. The predicted molar refractivity (Wildman–Crippen MR) is 158 cm³/mol. The topological polar surface area (TPSA) is 136 Å². The number of carbonyl (C=O) groups excluding carboxylic acids is 2. The first kappa shape index (κ1) is 32.1. The van der Waals surface area contributed by atoms with E-state index in [-0.39, 0.29) is 43.5 Å². The molecule has 43 heavy (non-hydrogen) atoms. The summed E-state index contributed by atoms with van der Waals surface area (Å²) in [6, 6.07) is 19.2. The van der Waals surface area contributed by atoms with Crippen molar-refractivity contribution in [2.75, 3.05) is 24.5 Å². The molecular weight excluding hydrogens is 577 g/mol. The monoisotopic (exact) mass is 613 g/mol. The van der Waals surface area contributed by atoms with Gasteiger partial charge in [0.15, 0.2) is 6.10 Å². The number of anilines is 1. The van der Waals surface area contributed by atoms with Crippen LogP contribution in [-0.4, -0.2) is 72.8 Å².